The minimum absolute atomic E-state index is 0.225. The van der Waals surface area contributed by atoms with Crippen LogP contribution >= 0.6 is 0 Å². The van der Waals surface area contributed by atoms with Gasteiger partial charge in [0.05, 0.1) is 13.2 Å². The van der Waals surface area contributed by atoms with E-state index in [1.807, 2.05) is 6.07 Å². The summed E-state index contributed by atoms with van der Waals surface area (Å²) in [6.07, 6.45) is 0.547. The summed E-state index contributed by atoms with van der Waals surface area (Å²) in [6.45, 7) is 0. The number of aliphatic carboxylic acids is 1. The summed E-state index contributed by atoms with van der Waals surface area (Å²) in [4.78, 5) is 33.6. The fourth-order valence-electron chi connectivity index (χ4n) is 1.84. The maximum atomic E-state index is 11.8. The van der Waals surface area contributed by atoms with Gasteiger partial charge in [-0.25, -0.2) is 0 Å². The highest BCUT2D eigenvalue weighted by Gasteiger charge is 2.31. The van der Waals surface area contributed by atoms with Gasteiger partial charge in [-0.15, -0.1) is 0 Å². The van der Waals surface area contributed by atoms with Crippen LogP contribution in [-0.4, -0.2) is 48.6 Å². The van der Waals surface area contributed by atoms with Crippen LogP contribution in [0.4, 0.5) is 0 Å². The number of hydrogen-bond donors (Lipinski definition) is 3. The van der Waals surface area contributed by atoms with Gasteiger partial charge in [0.15, 0.2) is 0 Å². The van der Waals surface area contributed by atoms with Gasteiger partial charge in [-0.3, -0.25) is 14.9 Å². The van der Waals surface area contributed by atoms with Crippen LogP contribution in [0, 0.1) is 0 Å². The fraction of sp³-hybridized carbons (Fsp3) is 0.357. The molecule has 0 aliphatic heterocycles. The summed E-state index contributed by atoms with van der Waals surface area (Å²) in [6, 6.07) is 5.49. The highest BCUT2D eigenvalue weighted by atomic mass is 16.5. The fourth-order valence-corrected chi connectivity index (χ4v) is 1.84. The average Bonchev–Trinajstić information content (AvgIpc) is 2.50. The van der Waals surface area contributed by atoms with Gasteiger partial charge < -0.3 is 20.4 Å². The first-order valence-electron chi connectivity index (χ1n) is 6.31. The SMILES string of the molecule is COC(=O)[C@H](Cc1ccccc1)NC(C(=O)O)[C@H](N)C=O. The summed E-state index contributed by atoms with van der Waals surface area (Å²) >= 11 is 0. The number of aldehydes is 1. The number of carbonyl (C=O) groups is 3. The monoisotopic (exact) mass is 294 g/mol. The molecule has 0 spiro atoms. The van der Waals surface area contributed by atoms with Crippen molar-refractivity contribution in [2.75, 3.05) is 7.11 Å². The quantitative estimate of drug-likeness (QED) is 0.430. The number of esters is 1. The number of nitrogens with one attached hydrogen (secondary N) is 1. The molecular weight excluding hydrogens is 276 g/mol. The number of nitrogens with two attached hydrogens (primary N) is 1. The molecule has 4 N–H and O–H groups in total. The van der Waals surface area contributed by atoms with Crippen molar-refractivity contribution in [3.05, 3.63) is 35.9 Å². The Balaban J connectivity index is 2.89. The molecule has 0 bridgehead atoms. The lowest BCUT2D eigenvalue weighted by atomic mass is 10.0. The molecule has 7 nitrogen and oxygen atoms in total. The maximum absolute atomic E-state index is 11.8. The number of rotatable bonds is 8. The van der Waals surface area contributed by atoms with Crippen LogP contribution in [0.3, 0.4) is 0 Å². The van der Waals surface area contributed by atoms with Crippen LogP contribution in [0.1, 0.15) is 5.56 Å². The van der Waals surface area contributed by atoms with E-state index in [2.05, 4.69) is 10.1 Å². The van der Waals surface area contributed by atoms with E-state index in [9.17, 15) is 14.4 Å². The van der Waals surface area contributed by atoms with Gasteiger partial charge >= 0.3 is 11.9 Å². The Hall–Kier alpha value is -2.25. The molecule has 114 valence electrons. The molecule has 21 heavy (non-hydrogen) atoms. The first-order chi connectivity index (χ1) is 9.99. The molecule has 1 aromatic carbocycles. The van der Waals surface area contributed by atoms with Gasteiger partial charge in [0.2, 0.25) is 0 Å². The van der Waals surface area contributed by atoms with E-state index in [1.54, 1.807) is 24.3 Å². The molecule has 7 heteroatoms. The first kappa shape index (κ1) is 16.8. The van der Waals surface area contributed by atoms with Crippen LogP contribution in [0.5, 0.6) is 0 Å². The van der Waals surface area contributed by atoms with Crippen molar-refractivity contribution in [3.63, 3.8) is 0 Å². The molecule has 0 amide bonds. The van der Waals surface area contributed by atoms with Gasteiger partial charge in [-0.05, 0) is 12.0 Å². The second-order valence-corrected chi connectivity index (χ2v) is 4.46. The number of carboxylic acids is 1. The maximum Gasteiger partial charge on any atom is 0.323 e. The summed E-state index contributed by atoms with van der Waals surface area (Å²) < 4.78 is 4.66. The second kappa shape index (κ2) is 8.13. The van der Waals surface area contributed by atoms with Gasteiger partial charge in [0.25, 0.3) is 0 Å². The van der Waals surface area contributed by atoms with Crippen LogP contribution < -0.4 is 11.1 Å². The highest BCUT2D eigenvalue weighted by Crippen LogP contribution is 2.06. The Morgan fingerprint density at radius 3 is 2.48 bits per heavy atom. The molecule has 0 aliphatic rings. The van der Waals surface area contributed by atoms with E-state index in [1.165, 1.54) is 7.11 Å². The zero-order valence-corrected chi connectivity index (χ0v) is 11.6. The molecule has 3 atom stereocenters. The largest absolute Gasteiger partial charge is 0.480 e. The molecular formula is C14H18N2O5. The minimum atomic E-state index is -1.37. The normalized spacial score (nSPS) is 14.8. The molecule has 0 saturated heterocycles. The Morgan fingerprint density at radius 1 is 1.38 bits per heavy atom. The van der Waals surface area contributed by atoms with Crippen molar-refractivity contribution in [2.45, 2.75) is 24.5 Å². The number of carboxylic acid groups (broad SMARTS) is 1. The second-order valence-electron chi connectivity index (χ2n) is 4.46. The number of carbonyl (C=O) groups excluding carboxylic acids is 2. The Bertz CT molecular complexity index is 491. The number of benzene rings is 1. The summed E-state index contributed by atoms with van der Waals surface area (Å²) in [5.74, 6) is -1.93. The molecule has 1 unspecified atom stereocenters. The zero-order valence-electron chi connectivity index (χ0n) is 11.6. The van der Waals surface area contributed by atoms with Crippen LogP contribution in [0.15, 0.2) is 30.3 Å². The lowest BCUT2D eigenvalue weighted by Crippen LogP contribution is -2.57. The van der Waals surface area contributed by atoms with Crippen LogP contribution in [-0.2, 0) is 25.5 Å². The van der Waals surface area contributed by atoms with Gasteiger partial charge in [-0.1, -0.05) is 30.3 Å². The summed E-state index contributed by atoms with van der Waals surface area (Å²) in [7, 11) is 1.21. The van der Waals surface area contributed by atoms with Crippen LogP contribution in [0.25, 0.3) is 0 Å². The van der Waals surface area contributed by atoms with E-state index in [4.69, 9.17) is 10.8 Å². The molecule has 0 saturated carbocycles. The van der Waals surface area contributed by atoms with E-state index in [-0.39, 0.29) is 6.42 Å². The van der Waals surface area contributed by atoms with Crippen LogP contribution in [0.2, 0.25) is 0 Å². The summed E-state index contributed by atoms with van der Waals surface area (Å²) in [5.41, 5.74) is 6.26. The third-order valence-corrected chi connectivity index (χ3v) is 2.96. The molecule has 1 aromatic rings. The van der Waals surface area contributed by atoms with Gasteiger partial charge in [0, 0.05) is 0 Å². The van der Waals surface area contributed by atoms with E-state index in [0.29, 0.717) is 6.29 Å². The first-order valence-corrected chi connectivity index (χ1v) is 6.31. The molecule has 0 aromatic heterocycles. The van der Waals surface area contributed by atoms with Crippen molar-refractivity contribution in [1.82, 2.24) is 5.32 Å². The minimum Gasteiger partial charge on any atom is -0.480 e. The van der Waals surface area contributed by atoms with Crippen molar-refractivity contribution in [1.29, 1.82) is 0 Å². The summed E-state index contributed by atoms with van der Waals surface area (Å²) in [5, 5.41) is 11.7. The Morgan fingerprint density at radius 2 is 2.00 bits per heavy atom. The molecule has 0 aliphatic carbocycles. The zero-order chi connectivity index (χ0) is 15.8. The molecule has 0 fully saturated rings. The lowest BCUT2D eigenvalue weighted by molar-refractivity contribution is -0.145. The highest BCUT2D eigenvalue weighted by molar-refractivity contribution is 5.82. The number of ether oxygens (including phenoxy) is 1. The Labute approximate surface area is 122 Å². The molecule has 0 radical (unpaired) electrons. The number of methoxy groups -OCH3 is 1. The van der Waals surface area contributed by atoms with E-state index >= 15 is 0 Å². The van der Waals surface area contributed by atoms with Crippen molar-refractivity contribution < 1.29 is 24.2 Å². The topological polar surface area (TPSA) is 119 Å². The average molecular weight is 294 g/mol. The van der Waals surface area contributed by atoms with Crippen molar-refractivity contribution in [3.8, 4) is 0 Å². The Kier molecular flexibility index (Phi) is 6.51. The lowest BCUT2D eigenvalue weighted by Gasteiger charge is -2.23. The van der Waals surface area contributed by atoms with Gasteiger partial charge in [-0.2, -0.15) is 0 Å². The van der Waals surface area contributed by atoms with E-state index in [0.717, 1.165) is 5.56 Å². The standard InChI is InChI=1S/C14H18N2O5/c1-21-14(20)11(7-9-5-3-2-4-6-9)16-12(13(18)19)10(15)8-17/h2-6,8,10-12,16H,7,15H2,1H3,(H,18,19)/t10-,11+,12?/m1/s1. The van der Waals surface area contributed by atoms with Crippen molar-refractivity contribution in [2.24, 2.45) is 5.73 Å². The van der Waals surface area contributed by atoms with Gasteiger partial charge in [0.1, 0.15) is 18.4 Å². The molecule has 1 rings (SSSR count). The predicted octanol–water partition coefficient (Wildman–Crippen LogP) is -0.660. The third-order valence-electron chi connectivity index (χ3n) is 2.96. The van der Waals surface area contributed by atoms with Crippen molar-refractivity contribution >= 4 is 18.2 Å². The third kappa shape index (κ3) is 4.97. The predicted molar refractivity (Wildman–Crippen MR) is 74.5 cm³/mol. The number of hydrogen-bond acceptors (Lipinski definition) is 6. The molecule has 0 heterocycles. The van der Waals surface area contributed by atoms with E-state index < -0.39 is 30.1 Å². The smallest absolute Gasteiger partial charge is 0.323 e.